The van der Waals surface area contributed by atoms with E-state index in [0.717, 1.165) is 49.6 Å². The molecule has 0 amide bonds. The van der Waals surface area contributed by atoms with E-state index in [0.29, 0.717) is 18.2 Å². The molecule has 1 saturated heterocycles. The molecule has 1 atom stereocenters. The van der Waals surface area contributed by atoms with E-state index in [-0.39, 0.29) is 5.82 Å². The molecule has 1 fully saturated rings. The zero-order valence-electron chi connectivity index (χ0n) is 14.0. The maximum atomic E-state index is 14.0. The molecule has 6 heteroatoms. The minimum absolute atomic E-state index is 0.216. The number of hydrogen-bond donors (Lipinski definition) is 1. The lowest BCUT2D eigenvalue weighted by atomic mass is 10.2. The number of hydrogen-bond acceptors (Lipinski definition) is 2. The van der Waals surface area contributed by atoms with Crippen LogP contribution in [-0.4, -0.2) is 54.5 Å². The van der Waals surface area contributed by atoms with Gasteiger partial charge in [-0.25, -0.2) is 9.38 Å². The fourth-order valence-corrected chi connectivity index (χ4v) is 3.59. The SMILES string of the molecule is CCNC(=NCc1ccc(Br)cc1F)N1CCC(N2CC=CC2)C1. The van der Waals surface area contributed by atoms with Gasteiger partial charge >= 0.3 is 0 Å². The number of guanidine groups is 1. The Morgan fingerprint density at radius 3 is 2.88 bits per heavy atom. The molecule has 24 heavy (non-hydrogen) atoms. The Kier molecular flexibility index (Phi) is 5.89. The maximum absolute atomic E-state index is 14.0. The molecule has 2 heterocycles. The van der Waals surface area contributed by atoms with Crippen molar-refractivity contribution in [3.8, 4) is 0 Å². The molecule has 4 nitrogen and oxygen atoms in total. The van der Waals surface area contributed by atoms with Gasteiger partial charge in [-0.2, -0.15) is 0 Å². The summed E-state index contributed by atoms with van der Waals surface area (Å²) in [4.78, 5) is 9.45. The van der Waals surface area contributed by atoms with Crippen molar-refractivity contribution in [3.05, 3.63) is 46.2 Å². The largest absolute Gasteiger partial charge is 0.357 e. The monoisotopic (exact) mass is 394 g/mol. The van der Waals surface area contributed by atoms with Crippen molar-refractivity contribution in [1.82, 2.24) is 15.1 Å². The van der Waals surface area contributed by atoms with Crippen LogP contribution in [0.1, 0.15) is 18.9 Å². The zero-order valence-corrected chi connectivity index (χ0v) is 15.6. The minimum Gasteiger partial charge on any atom is -0.357 e. The van der Waals surface area contributed by atoms with E-state index in [1.165, 1.54) is 6.07 Å². The fourth-order valence-electron chi connectivity index (χ4n) is 3.26. The number of nitrogens with zero attached hydrogens (tertiary/aromatic N) is 3. The molecule has 3 rings (SSSR count). The second-order valence-electron chi connectivity index (χ2n) is 6.22. The van der Waals surface area contributed by atoms with Crippen molar-refractivity contribution in [1.29, 1.82) is 0 Å². The van der Waals surface area contributed by atoms with E-state index in [1.54, 1.807) is 6.07 Å². The summed E-state index contributed by atoms with van der Waals surface area (Å²) in [7, 11) is 0. The summed E-state index contributed by atoms with van der Waals surface area (Å²) >= 11 is 3.29. The van der Waals surface area contributed by atoms with Gasteiger partial charge in [0.2, 0.25) is 0 Å². The molecule has 0 radical (unpaired) electrons. The van der Waals surface area contributed by atoms with E-state index in [2.05, 4.69) is 55.1 Å². The molecule has 0 aromatic heterocycles. The topological polar surface area (TPSA) is 30.9 Å². The summed E-state index contributed by atoms with van der Waals surface area (Å²) < 4.78 is 14.7. The lowest BCUT2D eigenvalue weighted by Gasteiger charge is -2.25. The molecule has 0 bridgehead atoms. The molecular weight excluding hydrogens is 371 g/mol. The maximum Gasteiger partial charge on any atom is 0.194 e. The Bertz CT molecular complexity index is 623. The molecular formula is C18H24BrFN4. The summed E-state index contributed by atoms with van der Waals surface area (Å²) in [5, 5.41) is 3.35. The lowest BCUT2D eigenvalue weighted by Crippen LogP contribution is -2.42. The number of benzene rings is 1. The number of likely N-dealkylation sites (tertiary alicyclic amines) is 1. The zero-order chi connectivity index (χ0) is 16.9. The van der Waals surface area contributed by atoms with Gasteiger partial charge in [0, 0.05) is 48.8 Å². The van der Waals surface area contributed by atoms with Gasteiger partial charge in [0.25, 0.3) is 0 Å². The van der Waals surface area contributed by atoms with E-state index < -0.39 is 0 Å². The first kappa shape index (κ1) is 17.4. The molecule has 0 aliphatic carbocycles. The second-order valence-corrected chi connectivity index (χ2v) is 7.14. The Morgan fingerprint density at radius 2 is 2.17 bits per heavy atom. The molecule has 1 aromatic rings. The van der Waals surface area contributed by atoms with Crippen LogP contribution in [-0.2, 0) is 6.54 Å². The van der Waals surface area contributed by atoms with Crippen molar-refractivity contribution < 1.29 is 4.39 Å². The van der Waals surface area contributed by atoms with Gasteiger partial charge in [-0.05, 0) is 25.5 Å². The number of halogens is 2. The highest BCUT2D eigenvalue weighted by Crippen LogP contribution is 2.19. The van der Waals surface area contributed by atoms with Crippen LogP contribution in [0.15, 0.2) is 39.8 Å². The average molecular weight is 395 g/mol. The minimum atomic E-state index is -0.216. The third kappa shape index (κ3) is 4.16. The molecule has 1 aromatic carbocycles. The van der Waals surface area contributed by atoms with Crippen LogP contribution >= 0.6 is 15.9 Å². The van der Waals surface area contributed by atoms with Gasteiger partial charge in [0.05, 0.1) is 6.54 Å². The third-order valence-electron chi connectivity index (χ3n) is 4.57. The van der Waals surface area contributed by atoms with Crippen molar-refractivity contribution in [2.24, 2.45) is 4.99 Å². The predicted molar refractivity (Wildman–Crippen MR) is 99.6 cm³/mol. The second kappa shape index (κ2) is 8.12. The average Bonchev–Trinajstić information content (AvgIpc) is 3.24. The Balaban J connectivity index is 1.65. The Hall–Kier alpha value is -1.40. The van der Waals surface area contributed by atoms with Crippen molar-refractivity contribution in [3.63, 3.8) is 0 Å². The van der Waals surface area contributed by atoms with Crippen LogP contribution in [0.3, 0.4) is 0 Å². The first-order valence-electron chi connectivity index (χ1n) is 8.53. The third-order valence-corrected chi connectivity index (χ3v) is 5.07. The van der Waals surface area contributed by atoms with Crippen molar-refractivity contribution in [2.45, 2.75) is 25.9 Å². The summed E-state index contributed by atoms with van der Waals surface area (Å²) in [5.41, 5.74) is 0.619. The molecule has 0 spiro atoms. The van der Waals surface area contributed by atoms with Crippen molar-refractivity contribution >= 4 is 21.9 Å². The first-order valence-corrected chi connectivity index (χ1v) is 9.33. The van der Waals surface area contributed by atoms with E-state index >= 15 is 0 Å². The van der Waals surface area contributed by atoms with E-state index in [1.807, 2.05) is 6.07 Å². The van der Waals surface area contributed by atoms with Crippen LogP contribution in [0.25, 0.3) is 0 Å². The standard InChI is InChI=1S/C18H24BrFN4/c1-2-21-18(22-12-14-5-6-15(19)11-17(14)20)24-10-7-16(13-24)23-8-3-4-9-23/h3-6,11,16H,2,7-10,12-13H2,1H3,(H,21,22). The van der Waals surface area contributed by atoms with Gasteiger partial charge in [0.15, 0.2) is 5.96 Å². The van der Waals surface area contributed by atoms with Crippen LogP contribution < -0.4 is 5.32 Å². The molecule has 1 N–H and O–H groups in total. The van der Waals surface area contributed by atoms with E-state index in [9.17, 15) is 4.39 Å². The Labute approximate surface area is 151 Å². The van der Waals surface area contributed by atoms with Crippen molar-refractivity contribution in [2.75, 3.05) is 32.7 Å². The first-order chi connectivity index (χ1) is 11.7. The predicted octanol–water partition coefficient (Wildman–Crippen LogP) is 3.00. The van der Waals surface area contributed by atoms with Crippen LogP contribution in [0.2, 0.25) is 0 Å². The van der Waals surface area contributed by atoms with Gasteiger partial charge < -0.3 is 10.2 Å². The molecule has 2 aliphatic heterocycles. The fraction of sp³-hybridized carbons (Fsp3) is 0.500. The lowest BCUT2D eigenvalue weighted by molar-refractivity contribution is 0.259. The van der Waals surface area contributed by atoms with Gasteiger partial charge in [-0.1, -0.05) is 34.1 Å². The number of rotatable bonds is 4. The highest BCUT2D eigenvalue weighted by atomic mass is 79.9. The number of nitrogens with one attached hydrogen (secondary N) is 1. The smallest absolute Gasteiger partial charge is 0.194 e. The molecule has 2 aliphatic rings. The highest BCUT2D eigenvalue weighted by molar-refractivity contribution is 9.10. The quantitative estimate of drug-likeness (QED) is 0.483. The summed E-state index contributed by atoms with van der Waals surface area (Å²) in [6.45, 7) is 7.31. The molecule has 1 unspecified atom stereocenters. The van der Waals surface area contributed by atoms with Gasteiger partial charge in [-0.15, -0.1) is 0 Å². The summed E-state index contributed by atoms with van der Waals surface area (Å²) in [5.74, 6) is 0.667. The molecule has 0 saturated carbocycles. The van der Waals surface area contributed by atoms with Crippen LogP contribution in [0, 0.1) is 5.82 Å². The van der Waals surface area contributed by atoms with Gasteiger partial charge in [-0.3, -0.25) is 4.90 Å². The number of aliphatic imine (C=N–C) groups is 1. The molecule has 130 valence electrons. The van der Waals surface area contributed by atoms with E-state index in [4.69, 9.17) is 0 Å². The Morgan fingerprint density at radius 1 is 1.38 bits per heavy atom. The van der Waals surface area contributed by atoms with Crippen LogP contribution in [0.4, 0.5) is 4.39 Å². The van der Waals surface area contributed by atoms with Crippen LogP contribution in [0.5, 0.6) is 0 Å². The normalized spacial score (nSPS) is 21.7. The summed E-state index contributed by atoms with van der Waals surface area (Å²) in [6.07, 6.45) is 5.62. The summed E-state index contributed by atoms with van der Waals surface area (Å²) in [6, 6.07) is 5.71. The van der Waals surface area contributed by atoms with Gasteiger partial charge in [0.1, 0.15) is 5.82 Å². The highest BCUT2D eigenvalue weighted by Gasteiger charge is 2.29.